The molecule has 0 fully saturated rings. The predicted octanol–water partition coefficient (Wildman–Crippen LogP) is 0.914. The number of hydrogen-bond donors (Lipinski definition) is 3. The molecule has 1 rings (SSSR count). The summed E-state index contributed by atoms with van der Waals surface area (Å²) >= 11 is 0. The summed E-state index contributed by atoms with van der Waals surface area (Å²) in [6, 6.07) is 3.45. The highest BCUT2D eigenvalue weighted by molar-refractivity contribution is 5.34. The molecule has 72 valence electrons. The highest BCUT2D eigenvalue weighted by Gasteiger charge is 2.11. The van der Waals surface area contributed by atoms with Crippen LogP contribution in [-0.4, -0.2) is 16.8 Å². The van der Waals surface area contributed by atoms with Crippen molar-refractivity contribution in [1.82, 2.24) is 0 Å². The maximum Gasteiger partial charge on any atom is 0.123 e. The third-order valence-electron chi connectivity index (χ3n) is 1.79. The topological polar surface area (TPSA) is 66.5 Å². The number of benzene rings is 1. The second-order valence-electron chi connectivity index (χ2n) is 2.80. The maximum atomic E-state index is 12.7. The van der Waals surface area contributed by atoms with Gasteiger partial charge in [0.05, 0.1) is 6.10 Å². The van der Waals surface area contributed by atoms with Crippen molar-refractivity contribution in [3.63, 3.8) is 0 Å². The van der Waals surface area contributed by atoms with Crippen molar-refractivity contribution in [3.05, 3.63) is 29.6 Å². The van der Waals surface area contributed by atoms with Gasteiger partial charge in [0.1, 0.15) is 11.6 Å². The molecule has 0 saturated heterocycles. The molecule has 0 spiro atoms. The van der Waals surface area contributed by atoms with Crippen LogP contribution in [0.1, 0.15) is 18.1 Å². The summed E-state index contributed by atoms with van der Waals surface area (Å²) in [4.78, 5) is 0. The molecule has 4 N–H and O–H groups in total. The van der Waals surface area contributed by atoms with E-state index in [2.05, 4.69) is 0 Å². The van der Waals surface area contributed by atoms with Crippen LogP contribution >= 0.6 is 0 Å². The van der Waals surface area contributed by atoms with Gasteiger partial charge in [-0.05, 0) is 31.2 Å². The van der Waals surface area contributed by atoms with E-state index >= 15 is 0 Å². The van der Waals surface area contributed by atoms with E-state index in [0.29, 0.717) is 6.42 Å². The fourth-order valence-electron chi connectivity index (χ4n) is 1.11. The van der Waals surface area contributed by atoms with Crippen LogP contribution in [-0.2, 0) is 0 Å². The van der Waals surface area contributed by atoms with Crippen LogP contribution in [0.5, 0.6) is 5.75 Å². The number of rotatable bonds is 3. The van der Waals surface area contributed by atoms with Crippen molar-refractivity contribution in [1.29, 1.82) is 0 Å². The number of aliphatic hydroxyl groups excluding tert-OH is 1. The van der Waals surface area contributed by atoms with Gasteiger partial charge in [0.25, 0.3) is 0 Å². The Labute approximate surface area is 75.6 Å². The van der Waals surface area contributed by atoms with E-state index in [1.165, 1.54) is 6.07 Å². The van der Waals surface area contributed by atoms with E-state index in [0.717, 1.165) is 12.1 Å². The van der Waals surface area contributed by atoms with E-state index in [1.54, 1.807) is 0 Å². The predicted molar refractivity (Wildman–Crippen MR) is 46.7 cm³/mol. The second-order valence-corrected chi connectivity index (χ2v) is 2.80. The molecule has 0 aliphatic rings. The Bertz CT molecular complexity index is 291. The molecule has 0 bridgehead atoms. The van der Waals surface area contributed by atoms with Gasteiger partial charge >= 0.3 is 0 Å². The number of halogens is 1. The molecule has 13 heavy (non-hydrogen) atoms. The van der Waals surface area contributed by atoms with Crippen molar-refractivity contribution >= 4 is 0 Å². The van der Waals surface area contributed by atoms with Gasteiger partial charge in [-0.2, -0.15) is 0 Å². The molecule has 0 amide bonds. The second kappa shape index (κ2) is 4.20. The first-order valence-electron chi connectivity index (χ1n) is 4.01. The Hall–Kier alpha value is -1.13. The zero-order valence-electron chi connectivity index (χ0n) is 7.07. The lowest BCUT2D eigenvalue weighted by molar-refractivity contribution is 0.166. The van der Waals surface area contributed by atoms with E-state index in [1.807, 2.05) is 0 Å². The summed E-state index contributed by atoms with van der Waals surface area (Å²) in [7, 11) is 0. The maximum absolute atomic E-state index is 12.7. The third kappa shape index (κ3) is 2.40. The zero-order chi connectivity index (χ0) is 9.84. The number of phenolic OH excluding ortho intramolecular Hbond substituents is 1. The van der Waals surface area contributed by atoms with Crippen LogP contribution in [0.25, 0.3) is 0 Å². The van der Waals surface area contributed by atoms with Crippen LogP contribution in [0, 0.1) is 5.82 Å². The van der Waals surface area contributed by atoms with Gasteiger partial charge in [-0.25, -0.2) is 4.39 Å². The lowest BCUT2D eigenvalue weighted by Crippen LogP contribution is -2.07. The van der Waals surface area contributed by atoms with Crippen LogP contribution in [0.15, 0.2) is 18.2 Å². The Balaban J connectivity index is 2.91. The summed E-state index contributed by atoms with van der Waals surface area (Å²) in [5, 5.41) is 18.7. The minimum atomic E-state index is -0.902. The summed E-state index contributed by atoms with van der Waals surface area (Å²) in [5.41, 5.74) is 5.41. The van der Waals surface area contributed by atoms with Gasteiger partial charge in [-0.1, -0.05) is 0 Å². The first kappa shape index (κ1) is 9.95. The summed E-state index contributed by atoms with van der Waals surface area (Å²) in [5.74, 6) is -0.591. The average molecular weight is 185 g/mol. The molecule has 0 radical (unpaired) electrons. The Morgan fingerprint density at radius 1 is 1.46 bits per heavy atom. The smallest absolute Gasteiger partial charge is 0.123 e. The molecule has 0 aromatic heterocycles. The average Bonchev–Trinajstić information content (AvgIpc) is 2.09. The molecule has 0 aliphatic carbocycles. The molecule has 1 atom stereocenters. The minimum absolute atomic E-state index is 0.109. The molecule has 0 aliphatic heterocycles. The highest BCUT2D eigenvalue weighted by Crippen LogP contribution is 2.26. The molecule has 0 saturated carbocycles. The monoisotopic (exact) mass is 185 g/mol. The van der Waals surface area contributed by atoms with Crippen molar-refractivity contribution in [2.24, 2.45) is 5.73 Å². The van der Waals surface area contributed by atoms with Crippen LogP contribution in [0.4, 0.5) is 4.39 Å². The SMILES string of the molecule is NCCC(O)c1cc(F)ccc1O. The number of nitrogens with two attached hydrogens (primary N) is 1. The number of aromatic hydroxyl groups is 1. The molecule has 1 aromatic carbocycles. The summed E-state index contributed by atoms with van der Waals surface area (Å²) in [6.07, 6.45) is -0.600. The van der Waals surface area contributed by atoms with Gasteiger partial charge < -0.3 is 15.9 Å². The van der Waals surface area contributed by atoms with Crippen molar-refractivity contribution in [3.8, 4) is 5.75 Å². The number of aliphatic hydroxyl groups is 1. The van der Waals surface area contributed by atoms with E-state index in [9.17, 15) is 14.6 Å². The number of phenols is 1. The first-order chi connectivity index (χ1) is 6.15. The van der Waals surface area contributed by atoms with Crippen LogP contribution in [0.2, 0.25) is 0 Å². The summed E-state index contributed by atoms with van der Waals surface area (Å²) in [6.45, 7) is 0.289. The van der Waals surface area contributed by atoms with E-state index in [4.69, 9.17) is 5.73 Å². The Morgan fingerprint density at radius 2 is 2.15 bits per heavy atom. The van der Waals surface area contributed by atoms with Gasteiger partial charge in [0, 0.05) is 5.56 Å². The largest absolute Gasteiger partial charge is 0.508 e. The molecular formula is C9H12FNO2. The molecule has 1 unspecified atom stereocenters. The van der Waals surface area contributed by atoms with Gasteiger partial charge in [0.15, 0.2) is 0 Å². The quantitative estimate of drug-likeness (QED) is 0.655. The Morgan fingerprint density at radius 3 is 2.77 bits per heavy atom. The van der Waals surface area contributed by atoms with Crippen LogP contribution < -0.4 is 5.73 Å². The van der Waals surface area contributed by atoms with E-state index in [-0.39, 0.29) is 17.9 Å². The molecule has 4 heteroatoms. The zero-order valence-corrected chi connectivity index (χ0v) is 7.07. The van der Waals surface area contributed by atoms with Gasteiger partial charge in [0.2, 0.25) is 0 Å². The fourth-order valence-corrected chi connectivity index (χ4v) is 1.11. The molecule has 0 heterocycles. The minimum Gasteiger partial charge on any atom is -0.508 e. The van der Waals surface area contributed by atoms with Crippen molar-refractivity contribution < 1.29 is 14.6 Å². The molecule has 3 nitrogen and oxygen atoms in total. The fraction of sp³-hybridized carbons (Fsp3) is 0.333. The van der Waals surface area contributed by atoms with Crippen molar-refractivity contribution in [2.75, 3.05) is 6.54 Å². The molecule has 1 aromatic rings. The third-order valence-corrected chi connectivity index (χ3v) is 1.79. The van der Waals surface area contributed by atoms with Gasteiger partial charge in [-0.15, -0.1) is 0 Å². The Kier molecular flexibility index (Phi) is 3.22. The molecular weight excluding hydrogens is 173 g/mol. The van der Waals surface area contributed by atoms with Crippen molar-refractivity contribution in [2.45, 2.75) is 12.5 Å². The first-order valence-corrected chi connectivity index (χ1v) is 4.01. The van der Waals surface area contributed by atoms with Gasteiger partial charge in [-0.3, -0.25) is 0 Å². The normalized spacial score (nSPS) is 12.8. The van der Waals surface area contributed by atoms with Crippen LogP contribution in [0.3, 0.4) is 0 Å². The standard InChI is InChI=1S/C9H12FNO2/c10-6-1-2-8(12)7(5-6)9(13)3-4-11/h1-2,5,9,12-13H,3-4,11H2. The lowest BCUT2D eigenvalue weighted by Gasteiger charge is -2.10. The highest BCUT2D eigenvalue weighted by atomic mass is 19.1. The lowest BCUT2D eigenvalue weighted by atomic mass is 10.1. The summed E-state index contributed by atoms with van der Waals surface area (Å²) < 4.78 is 12.7. The van der Waals surface area contributed by atoms with E-state index < -0.39 is 11.9 Å². The number of hydrogen-bond acceptors (Lipinski definition) is 3.